The smallest absolute Gasteiger partial charge is 0.0915 e. The normalized spacial score (nSPS) is 11.6. The molecule has 50 heavy (non-hydrogen) atoms. The molecule has 0 aliphatic rings. The summed E-state index contributed by atoms with van der Waals surface area (Å²) in [6, 6.07) is 57.7. The molecule has 5 aromatic heterocycles. The summed E-state index contributed by atoms with van der Waals surface area (Å²) in [6.07, 6.45) is 3.62. The number of aromatic nitrogens is 5. The Hall–Kier alpha value is -6.85. The van der Waals surface area contributed by atoms with Crippen molar-refractivity contribution < 1.29 is 0 Å². The van der Waals surface area contributed by atoms with Crippen LogP contribution in [0.4, 0.5) is 0 Å². The Labute approximate surface area is 288 Å². The summed E-state index contributed by atoms with van der Waals surface area (Å²) in [5.41, 5.74) is 12.4. The zero-order valence-corrected chi connectivity index (χ0v) is 27.0. The zero-order valence-electron chi connectivity index (χ0n) is 27.0. The highest BCUT2D eigenvalue weighted by Gasteiger charge is 2.18. The lowest BCUT2D eigenvalue weighted by atomic mass is 10.0. The van der Waals surface area contributed by atoms with Gasteiger partial charge in [0.05, 0.1) is 50.5 Å². The molecule has 10 aromatic rings. The molecule has 0 atom stereocenters. The second kappa shape index (κ2) is 11.4. The maximum absolute atomic E-state index is 5.05. The van der Waals surface area contributed by atoms with Gasteiger partial charge in [-0.25, -0.2) is 4.98 Å². The van der Waals surface area contributed by atoms with Gasteiger partial charge in [-0.15, -0.1) is 0 Å². The average molecular weight is 640 g/mol. The standard InChI is InChI=1S/C45H29N5/c1-2-12-32(13-3-1)49-43-19-7-5-15-35(43)37-26-30(21-23-44(37)49)31-20-22-36-34-14-4-6-18-42(34)50(45(36)27-31)33-28-40(38-16-8-10-24-46-38)48-41(29-33)39-17-9-11-25-47-39/h1-29H. The number of nitrogens with zero attached hydrogens (tertiary/aromatic N) is 5. The zero-order chi connectivity index (χ0) is 33.0. The van der Waals surface area contributed by atoms with E-state index in [-0.39, 0.29) is 0 Å². The van der Waals surface area contributed by atoms with Crippen LogP contribution in [0.2, 0.25) is 0 Å². The first-order chi connectivity index (χ1) is 24.8. The number of para-hydroxylation sites is 3. The van der Waals surface area contributed by atoms with Crippen molar-refractivity contribution in [3.63, 3.8) is 0 Å². The molecule has 0 saturated carbocycles. The Morgan fingerprint density at radius 3 is 1.50 bits per heavy atom. The van der Waals surface area contributed by atoms with E-state index >= 15 is 0 Å². The van der Waals surface area contributed by atoms with Gasteiger partial charge in [-0.05, 0) is 90.0 Å². The predicted molar refractivity (Wildman–Crippen MR) is 205 cm³/mol. The summed E-state index contributed by atoms with van der Waals surface area (Å²) in [4.78, 5) is 14.4. The van der Waals surface area contributed by atoms with Crippen LogP contribution in [0.1, 0.15) is 0 Å². The summed E-state index contributed by atoms with van der Waals surface area (Å²) >= 11 is 0. The number of fused-ring (bicyclic) bond motifs is 6. The number of hydrogen-bond donors (Lipinski definition) is 0. The van der Waals surface area contributed by atoms with Crippen LogP contribution in [0.5, 0.6) is 0 Å². The van der Waals surface area contributed by atoms with Gasteiger partial charge < -0.3 is 9.13 Å². The van der Waals surface area contributed by atoms with Gasteiger partial charge in [0.1, 0.15) is 0 Å². The summed E-state index contributed by atoms with van der Waals surface area (Å²) in [5.74, 6) is 0. The molecule has 5 heterocycles. The van der Waals surface area contributed by atoms with Crippen LogP contribution in [0, 0.1) is 0 Å². The van der Waals surface area contributed by atoms with Gasteiger partial charge in [0.15, 0.2) is 0 Å². The molecule has 5 aromatic carbocycles. The van der Waals surface area contributed by atoms with E-state index in [9.17, 15) is 0 Å². The third kappa shape index (κ3) is 4.52. The van der Waals surface area contributed by atoms with Gasteiger partial charge in [0.2, 0.25) is 0 Å². The first-order valence-corrected chi connectivity index (χ1v) is 16.8. The molecule has 0 N–H and O–H groups in total. The van der Waals surface area contributed by atoms with E-state index < -0.39 is 0 Å². The first kappa shape index (κ1) is 28.2. The minimum atomic E-state index is 0.797. The van der Waals surface area contributed by atoms with Crippen LogP contribution in [0.25, 0.3) is 88.9 Å². The second-order valence-electron chi connectivity index (χ2n) is 12.5. The molecule has 0 saturated heterocycles. The maximum Gasteiger partial charge on any atom is 0.0915 e. The third-order valence-corrected chi connectivity index (χ3v) is 9.62. The highest BCUT2D eigenvalue weighted by Crippen LogP contribution is 2.39. The molecule has 0 unspecified atom stereocenters. The molecular weight excluding hydrogens is 611 g/mol. The monoisotopic (exact) mass is 639 g/mol. The third-order valence-electron chi connectivity index (χ3n) is 9.62. The highest BCUT2D eigenvalue weighted by atomic mass is 15.0. The van der Waals surface area contributed by atoms with Crippen molar-refractivity contribution in [2.75, 3.05) is 0 Å². The van der Waals surface area contributed by atoms with Crippen molar-refractivity contribution in [2.45, 2.75) is 0 Å². The van der Waals surface area contributed by atoms with Gasteiger partial charge in [-0.1, -0.05) is 84.9 Å². The van der Waals surface area contributed by atoms with E-state index in [0.717, 1.165) is 50.7 Å². The van der Waals surface area contributed by atoms with Crippen molar-refractivity contribution in [2.24, 2.45) is 0 Å². The van der Waals surface area contributed by atoms with Crippen molar-refractivity contribution in [1.82, 2.24) is 24.1 Å². The molecule has 0 aliphatic carbocycles. The molecule has 5 heteroatoms. The fourth-order valence-electron chi connectivity index (χ4n) is 7.37. The molecule has 0 spiro atoms. The number of rotatable bonds is 5. The average Bonchev–Trinajstić information content (AvgIpc) is 3.71. The molecule has 0 aliphatic heterocycles. The second-order valence-corrected chi connectivity index (χ2v) is 12.5. The topological polar surface area (TPSA) is 48.5 Å². The minimum Gasteiger partial charge on any atom is -0.309 e. The lowest BCUT2D eigenvalue weighted by molar-refractivity contribution is 1.14. The Kier molecular flexibility index (Phi) is 6.42. The molecule has 234 valence electrons. The van der Waals surface area contributed by atoms with Crippen molar-refractivity contribution >= 4 is 43.6 Å². The number of hydrogen-bond acceptors (Lipinski definition) is 3. The molecule has 10 rings (SSSR count). The highest BCUT2D eigenvalue weighted by molar-refractivity contribution is 6.12. The molecule has 0 radical (unpaired) electrons. The summed E-state index contributed by atoms with van der Waals surface area (Å²) in [7, 11) is 0. The number of pyridine rings is 3. The SMILES string of the molecule is c1ccc(-n2c3ccccc3c3cc(-c4ccc5c6ccccc6n(-c6cc(-c7ccccn7)nc(-c7ccccn7)c6)c5c4)ccc32)cc1. The van der Waals surface area contributed by atoms with Crippen LogP contribution >= 0.6 is 0 Å². The van der Waals surface area contributed by atoms with E-state index in [1.807, 2.05) is 48.8 Å². The lowest BCUT2D eigenvalue weighted by Gasteiger charge is -2.13. The lowest BCUT2D eigenvalue weighted by Crippen LogP contribution is -1.99. The Bertz CT molecular complexity index is 2800. The van der Waals surface area contributed by atoms with Crippen LogP contribution in [-0.4, -0.2) is 24.1 Å². The molecule has 0 bridgehead atoms. The van der Waals surface area contributed by atoms with Gasteiger partial charge >= 0.3 is 0 Å². The summed E-state index contributed by atoms with van der Waals surface area (Å²) < 4.78 is 4.71. The molecular formula is C45H29N5. The van der Waals surface area contributed by atoms with E-state index in [1.165, 1.54) is 38.1 Å². The number of benzene rings is 5. The van der Waals surface area contributed by atoms with E-state index in [1.54, 1.807) is 0 Å². The minimum absolute atomic E-state index is 0.797. The molecule has 5 nitrogen and oxygen atoms in total. The first-order valence-electron chi connectivity index (χ1n) is 16.8. The fraction of sp³-hybridized carbons (Fsp3) is 0. The van der Waals surface area contributed by atoms with Crippen molar-refractivity contribution in [3.05, 3.63) is 176 Å². The van der Waals surface area contributed by atoms with E-state index in [2.05, 4.69) is 146 Å². The molecule has 0 fully saturated rings. The molecule has 0 amide bonds. The van der Waals surface area contributed by atoms with Gasteiger partial charge in [0.25, 0.3) is 0 Å². The van der Waals surface area contributed by atoms with Crippen LogP contribution in [0.3, 0.4) is 0 Å². The van der Waals surface area contributed by atoms with Crippen LogP contribution in [0.15, 0.2) is 176 Å². The summed E-state index contributed by atoms with van der Waals surface area (Å²) in [5, 5.41) is 4.87. The van der Waals surface area contributed by atoms with Gasteiger partial charge in [-0.2, -0.15) is 0 Å². The van der Waals surface area contributed by atoms with Crippen LogP contribution < -0.4 is 0 Å². The Morgan fingerprint density at radius 1 is 0.320 bits per heavy atom. The maximum atomic E-state index is 5.05. The Morgan fingerprint density at radius 2 is 0.840 bits per heavy atom. The predicted octanol–water partition coefficient (Wildman–Crippen LogP) is 11.1. The largest absolute Gasteiger partial charge is 0.309 e. The van der Waals surface area contributed by atoms with E-state index in [4.69, 9.17) is 4.98 Å². The fourth-order valence-corrected chi connectivity index (χ4v) is 7.37. The Balaban J connectivity index is 1.20. The van der Waals surface area contributed by atoms with Gasteiger partial charge in [0, 0.05) is 39.6 Å². The summed E-state index contributed by atoms with van der Waals surface area (Å²) in [6.45, 7) is 0. The van der Waals surface area contributed by atoms with Gasteiger partial charge in [-0.3, -0.25) is 9.97 Å². The quantitative estimate of drug-likeness (QED) is 0.188. The van der Waals surface area contributed by atoms with E-state index in [0.29, 0.717) is 0 Å². The van der Waals surface area contributed by atoms with Crippen molar-refractivity contribution in [3.8, 4) is 45.3 Å². The van der Waals surface area contributed by atoms with Crippen LogP contribution in [-0.2, 0) is 0 Å². The van der Waals surface area contributed by atoms with Crippen molar-refractivity contribution in [1.29, 1.82) is 0 Å².